The van der Waals surface area contributed by atoms with Gasteiger partial charge in [0.25, 0.3) is 0 Å². The Kier molecular flexibility index (Phi) is 4.65. The smallest absolute Gasteiger partial charge is 0.239 e. The Hall–Kier alpha value is -1.55. The molecule has 0 saturated carbocycles. The maximum absolute atomic E-state index is 12.3. The second-order valence-corrected chi connectivity index (χ2v) is 5.70. The summed E-state index contributed by atoms with van der Waals surface area (Å²) in [6.07, 6.45) is 2.21. The molecule has 1 heterocycles. The summed E-state index contributed by atoms with van der Waals surface area (Å²) in [6, 6.07) is 5.34. The molecule has 2 atom stereocenters. The summed E-state index contributed by atoms with van der Waals surface area (Å²) in [5, 5.41) is 13.3. The molecule has 4 heteroatoms. The van der Waals surface area contributed by atoms with E-state index in [1.54, 1.807) is 6.07 Å². The molecule has 4 nitrogen and oxygen atoms in total. The van der Waals surface area contributed by atoms with Crippen molar-refractivity contribution < 1.29 is 9.90 Å². The number of likely N-dealkylation sites (tertiary alicyclic amines) is 1. The number of nitrogens with zero attached hydrogens (tertiary/aromatic N) is 1. The molecule has 0 aliphatic carbocycles. The molecule has 1 aromatic carbocycles. The number of amides is 1. The predicted octanol–water partition coefficient (Wildman–Crippen LogP) is 2.36. The van der Waals surface area contributed by atoms with E-state index in [9.17, 15) is 9.90 Å². The summed E-state index contributed by atoms with van der Waals surface area (Å²) >= 11 is 0. The van der Waals surface area contributed by atoms with Crippen molar-refractivity contribution in [3.05, 3.63) is 29.3 Å². The van der Waals surface area contributed by atoms with Crippen LogP contribution in [0.1, 0.15) is 43.9 Å². The van der Waals surface area contributed by atoms with Gasteiger partial charge in [-0.15, -0.1) is 0 Å². The molecule has 2 rings (SSSR count). The molecule has 0 bridgehead atoms. The predicted molar refractivity (Wildman–Crippen MR) is 79.7 cm³/mol. The fourth-order valence-electron chi connectivity index (χ4n) is 2.77. The SMILES string of the molecule is Cc1ccc(C(C)NC(C)C(=O)N2CCCC2)c(O)c1. The molecular formula is C16H24N2O2. The zero-order valence-corrected chi connectivity index (χ0v) is 12.5. The molecule has 0 aromatic heterocycles. The second-order valence-electron chi connectivity index (χ2n) is 5.70. The zero-order valence-electron chi connectivity index (χ0n) is 12.5. The number of carbonyl (C=O) groups is 1. The van der Waals surface area contributed by atoms with Crippen molar-refractivity contribution in [3.63, 3.8) is 0 Å². The summed E-state index contributed by atoms with van der Waals surface area (Å²) in [6.45, 7) is 7.55. The van der Waals surface area contributed by atoms with E-state index in [4.69, 9.17) is 0 Å². The first-order valence-electron chi connectivity index (χ1n) is 7.33. The Bertz CT molecular complexity index is 481. The van der Waals surface area contributed by atoms with Crippen LogP contribution in [-0.4, -0.2) is 35.0 Å². The lowest BCUT2D eigenvalue weighted by molar-refractivity contribution is -0.132. The van der Waals surface area contributed by atoms with Crippen molar-refractivity contribution in [2.75, 3.05) is 13.1 Å². The Morgan fingerprint density at radius 2 is 1.95 bits per heavy atom. The summed E-state index contributed by atoms with van der Waals surface area (Å²) in [5.41, 5.74) is 1.86. The van der Waals surface area contributed by atoms with Crippen LogP contribution in [0.4, 0.5) is 0 Å². The van der Waals surface area contributed by atoms with Gasteiger partial charge in [0.05, 0.1) is 6.04 Å². The van der Waals surface area contributed by atoms with Gasteiger partial charge in [0.1, 0.15) is 5.75 Å². The van der Waals surface area contributed by atoms with Crippen LogP contribution in [0.5, 0.6) is 5.75 Å². The Labute approximate surface area is 120 Å². The summed E-state index contributed by atoms with van der Waals surface area (Å²) in [4.78, 5) is 14.2. The number of benzene rings is 1. The molecule has 1 fully saturated rings. The van der Waals surface area contributed by atoms with Crippen LogP contribution in [0.3, 0.4) is 0 Å². The fraction of sp³-hybridized carbons (Fsp3) is 0.562. The van der Waals surface area contributed by atoms with Crippen molar-refractivity contribution in [1.29, 1.82) is 0 Å². The Morgan fingerprint density at radius 3 is 2.55 bits per heavy atom. The van der Waals surface area contributed by atoms with Crippen LogP contribution in [0.15, 0.2) is 18.2 Å². The van der Waals surface area contributed by atoms with Crippen LogP contribution in [0, 0.1) is 6.92 Å². The van der Waals surface area contributed by atoms with E-state index in [-0.39, 0.29) is 23.7 Å². The molecule has 20 heavy (non-hydrogen) atoms. The summed E-state index contributed by atoms with van der Waals surface area (Å²) < 4.78 is 0. The van der Waals surface area contributed by atoms with Gasteiger partial charge in [0.15, 0.2) is 0 Å². The molecule has 1 aliphatic heterocycles. The summed E-state index contributed by atoms with van der Waals surface area (Å²) in [5.74, 6) is 0.437. The number of carbonyl (C=O) groups excluding carboxylic acids is 1. The zero-order chi connectivity index (χ0) is 14.7. The van der Waals surface area contributed by atoms with Gasteiger partial charge in [-0.25, -0.2) is 0 Å². The lowest BCUT2D eigenvalue weighted by Crippen LogP contribution is -2.44. The second kappa shape index (κ2) is 6.27. The molecule has 1 amide bonds. The minimum Gasteiger partial charge on any atom is -0.508 e. The van der Waals surface area contributed by atoms with Crippen LogP contribution in [-0.2, 0) is 4.79 Å². The first kappa shape index (κ1) is 14.9. The van der Waals surface area contributed by atoms with Crippen molar-refractivity contribution in [2.45, 2.75) is 45.7 Å². The number of aryl methyl sites for hydroxylation is 1. The van der Waals surface area contributed by atoms with Crippen LogP contribution in [0.25, 0.3) is 0 Å². The maximum Gasteiger partial charge on any atom is 0.239 e. The van der Waals surface area contributed by atoms with Gasteiger partial charge in [0.2, 0.25) is 5.91 Å². The van der Waals surface area contributed by atoms with Crippen molar-refractivity contribution >= 4 is 5.91 Å². The minimum absolute atomic E-state index is 0.0582. The van der Waals surface area contributed by atoms with E-state index >= 15 is 0 Å². The molecule has 0 radical (unpaired) electrons. The number of phenols is 1. The number of phenolic OH excluding ortho intramolecular Hbond substituents is 1. The normalized spacial score (nSPS) is 18.1. The van der Waals surface area contributed by atoms with Crippen LogP contribution >= 0.6 is 0 Å². The monoisotopic (exact) mass is 276 g/mol. The molecule has 1 saturated heterocycles. The van der Waals surface area contributed by atoms with Gasteiger partial charge < -0.3 is 10.0 Å². The maximum atomic E-state index is 12.3. The molecular weight excluding hydrogens is 252 g/mol. The van der Waals surface area contributed by atoms with E-state index in [0.29, 0.717) is 0 Å². The van der Waals surface area contributed by atoms with E-state index < -0.39 is 0 Å². The van der Waals surface area contributed by atoms with E-state index in [0.717, 1.165) is 37.1 Å². The van der Waals surface area contributed by atoms with Crippen molar-refractivity contribution in [3.8, 4) is 5.75 Å². The van der Waals surface area contributed by atoms with E-state index in [1.807, 2.05) is 37.8 Å². The number of hydrogen-bond donors (Lipinski definition) is 2. The topological polar surface area (TPSA) is 52.6 Å². The third-order valence-electron chi connectivity index (χ3n) is 3.94. The largest absolute Gasteiger partial charge is 0.508 e. The third kappa shape index (κ3) is 3.31. The lowest BCUT2D eigenvalue weighted by atomic mass is 10.0. The molecule has 110 valence electrons. The highest BCUT2D eigenvalue weighted by Gasteiger charge is 2.24. The average molecular weight is 276 g/mol. The van der Waals surface area contributed by atoms with Gasteiger partial charge in [-0.05, 0) is 45.2 Å². The standard InChI is InChI=1S/C16H24N2O2/c1-11-6-7-14(15(19)10-11)12(2)17-13(3)16(20)18-8-4-5-9-18/h6-7,10,12-13,17,19H,4-5,8-9H2,1-3H3. The molecule has 2 N–H and O–H groups in total. The van der Waals surface area contributed by atoms with Gasteiger partial charge in [-0.3, -0.25) is 10.1 Å². The third-order valence-corrected chi connectivity index (χ3v) is 3.94. The van der Waals surface area contributed by atoms with Crippen LogP contribution < -0.4 is 5.32 Å². The first-order valence-corrected chi connectivity index (χ1v) is 7.33. The molecule has 2 unspecified atom stereocenters. The molecule has 1 aromatic rings. The molecule has 1 aliphatic rings. The highest BCUT2D eigenvalue weighted by Crippen LogP contribution is 2.25. The number of hydrogen-bond acceptors (Lipinski definition) is 3. The highest BCUT2D eigenvalue weighted by atomic mass is 16.3. The Morgan fingerprint density at radius 1 is 1.30 bits per heavy atom. The van der Waals surface area contributed by atoms with E-state index in [2.05, 4.69) is 5.32 Å². The highest BCUT2D eigenvalue weighted by molar-refractivity contribution is 5.81. The van der Waals surface area contributed by atoms with Crippen LogP contribution in [0.2, 0.25) is 0 Å². The van der Waals surface area contributed by atoms with Gasteiger partial charge >= 0.3 is 0 Å². The van der Waals surface area contributed by atoms with Gasteiger partial charge in [-0.2, -0.15) is 0 Å². The first-order chi connectivity index (χ1) is 9.49. The fourth-order valence-corrected chi connectivity index (χ4v) is 2.77. The van der Waals surface area contributed by atoms with Gasteiger partial charge in [0, 0.05) is 24.7 Å². The molecule has 0 spiro atoms. The summed E-state index contributed by atoms with van der Waals surface area (Å²) in [7, 11) is 0. The quantitative estimate of drug-likeness (QED) is 0.887. The van der Waals surface area contributed by atoms with Gasteiger partial charge in [-0.1, -0.05) is 12.1 Å². The van der Waals surface area contributed by atoms with Crippen molar-refractivity contribution in [2.24, 2.45) is 0 Å². The lowest BCUT2D eigenvalue weighted by Gasteiger charge is -2.24. The average Bonchev–Trinajstić information content (AvgIpc) is 2.91. The number of rotatable bonds is 4. The number of aromatic hydroxyl groups is 1. The van der Waals surface area contributed by atoms with Crippen molar-refractivity contribution in [1.82, 2.24) is 10.2 Å². The minimum atomic E-state index is -0.233. The Balaban J connectivity index is 1.99. The van der Waals surface area contributed by atoms with E-state index in [1.165, 1.54) is 0 Å². The number of nitrogens with one attached hydrogen (secondary N) is 1.